The second-order valence-electron chi connectivity index (χ2n) is 5.44. The summed E-state index contributed by atoms with van der Waals surface area (Å²) in [5.74, 6) is 2.92. The second-order valence-corrected chi connectivity index (χ2v) is 6.29. The molecule has 2 aromatic rings. The van der Waals surface area contributed by atoms with Gasteiger partial charge in [0.2, 0.25) is 0 Å². The van der Waals surface area contributed by atoms with Crippen molar-refractivity contribution in [1.82, 2.24) is 10.6 Å². The van der Waals surface area contributed by atoms with Crippen LogP contribution in [0.3, 0.4) is 0 Å². The van der Waals surface area contributed by atoms with Gasteiger partial charge in [0, 0.05) is 20.1 Å². The number of aliphatic imine (C=N–C) groups is 1. The summed E-state index contributed by atoms with van der Waals surface area (Å²) in [7, 11) is 6.64. The van der Waals surface area contributed by atoms with E-state index < -0.39 is 0 Å². The van der Waals surface area contributed by atoms with E-state index in [0.29, 0.717) is 30.5 Å². The molecule has 0 radical (unpaired) electrons. The molecular formula is C19H24BrN3O3. The van der Waals surface area contributed by atoms with Gasteiger partial charge in [-0.25, -0.2) is 0 Å². The van der Waals surface area contributed by atoms with Crippen LogP contribution in [-0.2, 0) is 13.1 Å². The molecular weight excluding hydrogens is 398 g/mol. The minimum Gasteiger partial charge on any atom is -0.497 e. The standard InChI is InChI=1S/C19H24BrN3O3/c1-21-19(22-11-13-5-7-15(24-2)8-6-13)23-12-14-9-16(20)18(26-4)17(10-14)25-3/h5-10H,11-12H2,1-4H3,(H2,21,22,23). The first-order valence-corrected chi connectivity index (χ1v) is 8.88. The lowest BCUT2D eigenvalue weighted by Crippen LogP contribution is -2.36. The van der Waals surface area contributed by atoms with Crippen LogP contribution in [0.25, 0.3) is 0 Å². The van der Waals surface area contributed by atoms with Crippen LogP contribution in [0.2, 0.25) is 0 Å². The maximum absolute atomic E-state index is 5.38. The Balaban J connectivity index is 1.95. The summed E-state index contributed by atoms with van der Waals surface area (Å²) >= 11 is 3.51. The van der Waals surface area contributed by atoms with Crippen molar-refractivity contribution in [2.24, 2.45) is 4.99 Å². The van der Waals surface area contributed by atoms with Crippen LogP contribution in [0.5, 0.6) is 17.2 Å². The molecule has 0 aliphatic heterocycles. The van der Waals surface area contributed by atoms with Gasteiger partial charge in [-0.3, -0.25) is 4.99 Å². The zero-order valence-electron chi connectivity index (χ0n) is 15.4. The number of nitrogens with zero attached hydrogens (tertiary/aromatic N) is 1. The van der Waals surface area contributed by atoms with E-state index in [0.717, 1.165) is 21.3 Å². The Bertz CT molecular complexity index is 748. The fraction of sp³-hybridized carbons (Fsp3) is 0.316. The SMILES string of the molecule is CN=C(NCc1ccc(OC)cc1)NCc1cc(Br)c(OC)c(OC)c1. The van der Waals surface area contributed by atoms with E-state index in [1.165, 1.54) is 0 Å². The van der Waals surface area contributed by atoms with Crippen LogP contribution >= 0.6 is 15.9 Å². The molecule has 0 unspecified atom stereocenters. The highest BCUT2D eigenvalue weighted by Gasteiger charge is 2.10. The van der Waals surface area contributed by atoms with E-state index in [1.54, 1.807) is 28.4 Å². The van der Waals surface area contributed by atoms with Crippen LogP contribution in [0.4, 0.5) is 0 Å². The van der Waals surface area contributed by atoms with Gasteiger partial charge in [-0.1, -0.05) is 12.1 Å². The first-order chi connectivity index (χ1) is 12.6. The van der Waals surface area contributed by atoms with Gasteiger partial charge >= 0.3 is 0 Å². The number of guanidine groups is 1. The second kappa shape index (κ2) is 9.91. The maximum Gasteiger partial charge on any atom is 0.191 e. The van der Waals surface area contributed by atoms with E-state index in [1.807, 2.05) is 36.4 Å². The largest absolute Gasteiger partial charge is 0.497 e. The van der Waals surface area contributed by atoms with Gasteiger partial charge in [-0.15, -0.1) is 0 Å². The minimum absolute atomic E-state index is 0.598. The lowest BCUT2D eigenvalue weighted by Gasteiger charge is -2.15. The predicted octanol–water partition coefficient (Wildman–Crippen LogP) is 3.34. The topological polar surface area (TPSA) is 64.1 Å². The molecule has 2 N–H and O–H groups in total. The number of halogens is 1. The van der Waals surface area contributed by atoms with Crippen LogP contribution in [0, 0.1) is 0 Å². The molecule has 140 valence electrons. The molecule has 26 heavy (non-hydrogen) atoms. The van der Waals surface area contributed by atoms with Crippen molar-refractivity contribution in [2.75, 3.05) is 28.4 Å². The summed E-state index contributed by atoms with van der Waals surface area (Å²) < 4.78 is 16.7. The average molecular weight is 422 g/mol. The van der Waals surface area contributed by atoms with Crippen molar-refractivity contribution in [3.63, 3.8) is 0 Å². The summed E-state index contributed by atoms with van der Waals surface area (Å²) in [5.41, 5.74) is 2.18. The number of nitrogens with one attached hydrogen (secondary N) is 2. The molecule has 0 aromatic heterocycles. The fourth-order valence-electron chi connectivity index (χ4n) is 2.41. The quantitative estimate of drug-likeness (QED) is 0.530. The first kappa shape index (κ1) is 19.9. The molecule has 2 rings (SSSR count). The van der Waals surface area contributed by atoms with E-state index in [4.69, 9.17) is 14.2 Å². The molecule has 0 aliphatic carbocycles. The van der Waals surface area contributed by atoms with Gasteiger partial charge in [-0.05, 0) is 51.3 Å². The molecule has 0 atom stereocenters. The van der Waals surface area contributed by atoms with Crippen LogP contribution < -0.4 is 24.8 Å². The Morgan fingerprint density at radius 3 is 2.12 bits per heavy atom. The van der Waals surface area contributed by atoms with E-state index in [2.05, 4.69) is 31.6 Å². The minimum atomic E-state index is 0.598. The number of hydrogen-bond donors (Lipinski definition) is 2. The maximum atomic E-state index is 5.38. The summed E-state index contributed by atoms with van der Waals surface area (Å²) in [6.07, 6.45) is 0. The normalized spacial score (nSPS) is 11.0. The van der Waals surface area contributed by atoms with Crippen LogP contribution in [-0.4, -0.2) is 34.3 Å². The van der Waals surface area contributed by atoms with Crippen LogP contribution in [0.1, 0.15) is 11.1 Å². The molecule has 0 fully saturated rings. The number of rotatable bonds is 7. The van der Waals surface area contributed by atoms with Crippen molar-refractivity contribution < 1.29 is 14.2 Å². The number of benzene rings is 2. The average Bonchev–Trinajstić information content (AvgIpc) is 2.68. The molecule has 0 heterocycles. The Labute approximate surface area is 162 Å². The van der Waals surface area contributed by atoms with Crippen molar-refractivity contribution in [2.45, 2.75) is 13.1 Å². The molecule has 0 aliphatic rings. The monoisotopic (exact) mass is 421 g/mol. The lowest BCUT2D eigenvalue weighted by molar-refractivity contribution is 0.352. The highest BCUT2D eigenvalue weighted by Crippen LogP contribution is 2.36. The number of hydrogen-bond acceptors (Lipinski definition) is 4. The number of ether oxygens (including phenoxy) is 3. The Morgan fingerprint density at radius 2 is 1.58 bits per heavy atom. The summed E-state index contributed by atoms with van der Waals surface area (Å²) in [6, 6.07) is 11.8. The van der Waals surface area contributed by atoms with Crippen molar-refractivity contribution in [3.8, 4) is 17.2 Å². The molecule has 6 nitrogen and oxygen atoms in total. The Morgan fingerprint density at radius 1 is 0.923 bits per heavy atom. The lowest BCUT2D eigenvalue weighted by atomic mass is 10.2. The summed E-state index contributed by atoms with van der Waals surface area (Å²) in [4.78, 5) is 4.25. The molecule has 7 heteroatoms. The highest BCUT2D eigenvalue weighted by atomic mass is 79.9. The third-order valence-electron chi connectivity index (χ3n) is 3.80. The molecule has 0 saturated carbocycles. The molecule has 2 aromatic carbocycles. The van der Waals surface area contributed by atoms with Gasteiger partial charge in [-0.2, -0.15) is 0 Å². The number of methoxy groups -OCH3 is 3. The smallest absolute Gasteiger partial charge is 0.191 e. The molecule has 0 bridgehead atoms. The van der Waals surface area contributed by atoms with Crippen molar-refractivity contribution in [1.29, 1.82) is 0 Å². The van der Waals surface area contributed by atoms with Crippen molar-refractivity contribution >= 4 is 21.9 Å². The zero-order valence-corrected chi connectivity index (χ0v) is 17.0. The van der Waals surface area contributed by atoms with Crippen molar-refractivity contribution in [3.05, 3.63) is 52.0 Å². The summed E-state index contributed by atoms with van der Waals surface area (Å²) in [6.45, 7) is 1.26. The Hall–Kier alpha value is -2.41. The highest BCUT2D eigenvalue weighted by molar-refractivity contribution is 9.10. The van der Waals surface area contributed by atoms with Gasteiger partial charge in [0.1, 0.15) is 5.75 Å². The predicted molar refractivity (Wildman–Crippen MR) is 107 cm³/mol. The van der Waals surface area contributed by atoms with Gasteiger partial charge < -0.3 is 24.8 Å². The molecule has 0 amide bonds. The van der Waals surface area contributed by atoms with Crippen LogP contribution in [0.15, 0.2) is 45.9 Å². The Kier molecular flexibility index (Phi) is 7.59. The van der Waals surface area contributed by atoms with Gasteiger partial charge in [0.15, 0.2) is 17.5 Å². The van der Waals surface area contributed by atoms with E-state index in [-0.39, 0.29) is 0 Å². The molecule has 0 spiro atoms. The van der Waals surface area contributed by atoms with E-state index in [9.17, 15) is 0 Å². The van der Waals surface area contributed by atoms with E-state index >= 15 is 0 Å². The molecule has 0 saturated heterocycles. The zero-order chi connectivity index (χ0) is 18.9. The summed E-state index contributed by atoms with van der Waals surface area (Å²) in [5, 5.41) is 6.58. The first-order valence-electron chi connectivity index (χ1n) is 8.09. The fourth-order valence-corrected chi connectivity index (χ4v) is 3.06. The van der Waals surface area contributed by atoms with Gasteiger partial charge in [0.05, 0.1) is 25.8 Å². The third-order valence-corrected chi connectivity index (χ3v) is 4.38. The van der Waals surface area contributed by atoms with Gasteiger partial charge in [0.25, 0.3) is 0 Å². The third kappa shape index (κ3) is 5.29.